The molecule has 3 heteroatoms. The maximum atomic E-state index is 9.66. The van der Waals surface area contributed by atoms with Gasteiger partial charge in [0.25, 0.3) is 0 Å². The van der Waals surface area contributed by atoms with Crippen LogP contribution in [0.2, 0.25) is 0 Å². The van der Waals surface area contributed by atoms with Crippen molar-refractivity contribution in [3.63, 3.8) is 0 Å². The molecule has 2 rings (SSSR count). The van der Waals surface area contributed by atoms with Gasteiger partial charge in [0, 0.05) is 31.4 Å². The smallest absolute Gasteiger partial charge is 0.120 e. The highest BCUT2D eigenvalue weighted by Gasteiger charge is 2.00. The Morgan fingerprint density at radius 2 is 1.70 bits per heavy atom. The van der Waals surface area contributed by atoms with E-state index in [1.54, 1.807) is 6.07 Å². The minimum Gasteiger partial charge on any atom is -0.508 e. The van der Waals surface area contributed by atoms with Crippen LogP contribution < -0.4 is 10.2 Å². The molecule has 0 bridgehead atoms. The first-order valence-corrected chi connectivity index (χ1v) is 7.01. The summed E-state index contributed by atoms with van der Waals surface area (Å²) < 4.78 is 0. The predicted octanol–water partition coefficient (Wildman–Crippen LogP) is 3.01. The molecule has 0 spiro atoms. The lowest BCUT2D eigenvalue weighted by molar-refractivity contribution is 0.464. The number of nitrogens with zero attached hydrogens (tertiary/aromatic N) is 1. The van der Waals surface area contributed by atoms with Gasteiger partial charge in [-0.25, -0.2) is 0 Å². The highest BCUT2D eigenvalue weighted by molar-refractivity contribution is 5.44. The Morgan fingerprint density at radius 3 is 2.45 bits per heavy atom. The molecule has 0 atom stereocenters. The van der Waals surface area contributed by atoms with Crippen LogP contribution in [-0.4, -0.2) is 25.2 Å². The first-order valence-electron chi connectivity index (χ1n) is 7.01. The van der Waals surface area contributed by atoms with Crippen molar-refractivity contribution in [3.8, 4) is 5.75 Å². The van der Waals surface area contributed by atoms with Gasteiger partial charge in [0.15, 0.2) is 0 Å². The zero-order valence-electron chi connectivity index (χ0n) is 11.9. The Hall–Kier alpha value is -2.00. The fourth-order valence-electron chi connectivity index (χ4n) is 2.14. The summed E-state index contributed by atoms with van der Waals surface area (Å²) in [4.78, 5) is 2.25. The van der Waals surface area contributed by atoms with E-state index in [0.717, 1.165) is 25.1 Å². The SMILES string of the molecule is CN(CCCNCc1ccccc1O)c1ccccc1. The number of anilines is 1. The fraction of sp³-hybridized carbons (Fsp3) is 0.294. The van der Waals surface area contributed by atoms with Crippen molar-refractivity contribution in [2.75, 3.05) is 25.0 Å². The second-order valence-electron chi connectivity index (χ2n) is 4.92. The summed E-state index contributed by atoms with van der Waals surface area (Å²) in [5.41, 5.74) is 2.19. The van der Waals surface area contributed by atoms with Crippen LogP contribution in [0, 0.1) is 0 Å². The number of rotatable bonds is 7. The van der Waals surface area contributed by atoms with Crippen LogP contribution in [0.1, 0.15) is 12.0 Å². The van der Waals surface area contributed by atoms with Crippen LogP contribution in [0.3, 0.4) is 0 Å². The van der Waals surface area contributed by atoms with E-state index in [4.69, 9.17) is 0 Å². The van der Waals surface area contributed by atoms with Crippen molar-refractivity contribution in [1.29, 1.82) is 0 Å². The minimum absolute atomic E-state index is 0.362. The third kappa shape index (κ3) is 4.28. The second kappa shape index (κ2) is 7.56. The van der Waals surface area contributed by atoms with E-state index in [2.05, 4.69) is 41.5 Å². The Kier molecular flexibility index (Phi) is 5.44. The van der Waals surface area contributed by atoms with Crippen molar-refractivity contribution in [1.82, 2.24) is 5.32 Å². The van der Waals surface area contributed by atoms with Gasteiger partial charge in [-0.05, 0) is 31.2 Å². The van der Waals surface area contributed by atoms with Crippen LogP contribution >= 0.6 is 0 Å². The molecular formula is C17H22N2O. The molecule has 0 fully saturated rings. The lowest BCUT2D eigenvalue weighted by Gasteiger charge is -2.19. The van der Waals surface area contributed by atoms with E-state index in [0.29, 0.717) is 12.3 Å². The molecule has 2 aromatic carbocycles. The summed E-state index contributed by atoms with van der Waals surface area (Å²) in [5, 5.41) is 13.0. The normalized spacial score (nSPS) is 10.4. The van der Waals surface area contributed by atoms with Gasteiger partial charge in [0.05, 0.1) is 0 Å². The van der Waals surface area contributed by atoms with Crippen LogP contribution in [-0.2, 0) is 6.54 Å². The summed E-state index contributed by atoms with van der Waals surface area (Å²) in [7, 11) is 2.11. The highest BCUT2D eigenvalue weighted by Crippen LogP contribution is 2.15. The van der Waals surface area contributed by atoms with Gasteiger partial charge in [0.1, 0.15) is 5.75 Å². The number of phenols is 1. The topological polar surface area (TPSA) is 35.5 Å². The van der Waals surface area contributed by atoms with Crippen molar-refractivity contribution >= 4 is 5.69 Å². The third-order valence-electron chi connectivity index (χ3n) is 3.35. The molecule has 106 valence electrons. The molecule has 0 aliphatic heterocycles. The fourth-order valence-corrected chi connectivity index (χ4v) is 2.14. The summed E-state index contributed by atoms with van der Waals surface area (Å²) >= 11 is 0. The Balaban J connectivity index is 1.66. The Bertz CT molecular complexity index is 513. The first kappa shape index (κ1) is 14.4. The van der Waals surface area contributed by atoms with Gasteiger partial charge in [-0.1, -0.05) is 36.4 Å². The van der Waals surface area contributed by atoms with E-state index in [9.17, 15) is 5.11 Å². The molecule has 2 aromatic rings. The molecule has 0 aliphatic rings. The number of hydrogen-bond acceptors (Lipinski definition) is 3. The average molecular weight is 270 g/mol. The number of nitrogens with one attached hydrogen (secondary N) is 1. The van der Waals surface area contributed by atoms with Gasteiger partial charge < -0.3 is 15.3 Å². The number of para-hydroxylation sites is 2. The highest BCUT2D eigenvalue weighted by atomic mass is 16.3. The second-order valence-corrected chi connectivity index (χ2v) is 4.92. The Labute approximate surface area is 120 Å². The van der Waals surface area contributed by atoms with Crippen molar-refractivity contribution in [3.05, 3.63) is 60.2 Å². The molecule has 0 amide bonds. The number of phenolic OH excluding ortho intramolecular Hbond substituents is 1. The van der Waals surface area contributed by atoms with Crippen LogP contribution in [0.5, 0.6) is 5.75 Å². The van der Waals surface area contributed by atoms with Crippen LogP contribution in [0.4, 0.5) is 5.69 Å². The molecule has 2 N–H and O–H groups in total. The molecule has 0 saturated heterocycles. The molecule has 0 unspecified atom stereocenters. The van der Waals surface area contributed by atoms with E-state index in [1.807, 2.05) is 24.3 Å². The maximum absolute atomic E-state index is 9.66. The third-order valence-corrected chi connectivity index (χ3v) is 3.35. The van der Waals surface area contributed by atoms with Gasteiger partial charge in [0.2, 0.25) is 0 Å². The van der Waals surface area contributed by atoms with Crippen molar-refractivity contribution < 1.29 is 5.11 Å². The monoisotopic (exact) mass is 270 g/mol. The average Bonchev–Trinajstić information content (AvgIpc) is 2.49. The van der Waals surface area contributed by atoms with Gasteiger partial charge >= 0.3 is 0 Å². The van der Waals surface area contributed by atoms with Gasteiger partial charge in [-0.3, -0.25) is 0 Å². The standard InChI is InChI=1S/C17H22N2O/c1-19(16-9-3-2-4-10-16)13-7-12-18-14-15-8-5-6-11-17(15)20/h2-6,8-11,18,20H,7,12-14H2,1H3. The van der Waals surface area contributed by atoms with Crippen molar-refractivity contribution in [2.24, 2.45) is 0 Å². The molecule has 0 aromatic heterocycles. The quantitative estimate of drug-likeness (QED) is 0.759. The summed E-state index contributed by atoms with van der Waals surface area (Å²) in [6.45, 7) is 2.66. The molecule has 0 radical (unpaired) electrons. The van der Waals surface area contributed by atoms with E-state index in [-0.39, 0.29) is 0 Å². The van der Waals surface area contributed by atoms with Gasteiger partial charge in [-0.15, -0.1) is 0 Å². The van der Waals surface area contributed by atoms with E-state index >= 15 is 0 Å². The molecule has 0 heterocycles. The number of benzene rings is 2. The lowest BCUT2D eigenvalue weighted by atomic mass is 10.2. The minimum atomic E-state index is 0.362. The van der Waals surface area contributed by atoms with Gasteiger partial charge in [-0.2, -0.15) is 0 Å². The lowest BCUT2D eigenvalue weighted by Crippen LogP contribution is -2.23. The number of aromatic hydroxyl groups is 1. The first-order chi connectivity index (χ1) is 9.77. The zero-order chi connectivity index (χ0) is 14.2. The number of hydrogen-bond donors (Lipinski definition) is 2. The molecule has 20 heavy (non-hydrogen) atoms. The molecule has 3 nitrogen and oxygen atoms in total. The van der Waals surface area contributed by atoms with Crippen molar-refractivity contribution in [2.45, 2.75) is 13.0 Å². The van der Waals surface area contributed by atoms with Crippen LogP contribution in [0.15, 0.2) is 54.6 Å². The summed E-state index contributed by atoms with van der Waals surface area (Å²) in [5.74, 6) is 0.362. The van der Waals surface area contributed by atoms with E-state index in [1.165, 1.54) is 5.69 Å². The molecular weight excluding hydrogens is 248 g/mol. The van der Waals surface area contributed by atoms with E-state index < -0.39 is 0 Å². The Morgan fingerprint density at radius 1 is 1.00 bits per heavy atom. The zero-order valence-corrected chi connectivity index (χ0v) is 11.9. The largest absolute Gasteiger partial charge is 0.508 e. The van der Waals surface area contributed by atoms with Crippen LogP contribution in [0.25, 0.3) is 0 Å². The molecule has 0 aliphatic carbocycles. The molecule has 0 saturated carbocycles. The summed E-state index contributed by atoms with van der Waals surface area (Å²) in [6.07, 6.45) is 1.07. The summed E-state index contributed by atoms with van der Waals surface area (Å²) in [6, 6.07) is 17.8. The maximum Gasteiger partial charge on any atom is 0.120 e. The predicted molar refractivity (Wildman–Crippen MR) is 84.1 cm³/mol.